The highest BCUT2D eigenvalue weighted by Gasteiger charge is 2.49. The lowest BCUT2D eigenvalue weighted by atomic mass is 9.72. The van der Waals surface area contributed by atoms with Gasteiger partial charge in [-0.15, -0.1) is 0 Å². The lowest BCUT2D eigenvalue weighted by Gasteiger charge is -2.53. The number of hydrogen-bond donors (Lipinski definition) is 3. The van der Waals surface area contributed by atoms with Crippen molar-refractivity contribution < 1.29 is 14.6 Å². The summed E-state index contributed by atoms with van der Waals surface area (Å²) in [5.41, 5.74) is 1.59. The average Bonchev–Trinajstić information content (AvgIpc) is 2.80. The Morgan fingerprint density at radius 2 is 1.67 bits per heavy atom. The monoisotopic (exact) mass is 406 g/mol. The van der Waals surface area contributed by atoms with Crippen LogP contribution in [0.2, 0.25) is 0 Å². The van der Waals surface area contributed by atoms with Crippen LogP contribution in [0.5, 0.6) is 0 Å². The van der Waals surface area contributed by atoms with E-state index in [1.165, 1.54) is 0 Å². The van der Waals surface area contributed by atoms with Crippen molar-refractivity contribution >= 4 is 12.3 Å². The molecule has 2 aromatic carbocycles. The minimum absolute atomic E-state index is 0.0280. The second-order valence-electron chi connectivity index (χ2n) is 7.70. The zero-order valence-corrected chi connectivity index (χ0v) is 16.9. The molecule has 2 aliphatic rings. The minimum atomic E-state index is -0.589. The van der Waals surface area contributed by atoms with Crippen molar-refractivity contribution in [2.75, 3.05) is 13.1 Å². The molecule has 30 heavy (non-hydrogen) atoms. The molecular formula is C23H26N4O3. The average molecular weight is 406 g/mol. The molecule has 1 atom stereocenters. The van der Waals surface area contributed by atoms with Gasteiger partial charge in [0.1, 0.15) is 6.17 Å². The minimum Gasteiger partial charge on any atom is -0.479 e. The zero-order valence-electron chi connectivity index (χ0n) is 16.9. The van der Waals surface area contributed by atoms with E-state index in [-0.39, 0.29) is 17.8 Å². The Morgan fingerprint density at radius 3 is 2.23 bits per heavy atom. The van der Waals surface area contributed by atoms with E-state index in [0.717, 1.165) is 30.5 Å². The molecule has 4 rings (SSSR count). The Labute approximate surface area is 176 Å². The van der Waals surface area contributed by atoms with Crippen molar-refractivity contribution in [3.8, 4) is 0 Å². The summed E-state index contributed by atoms with van der Waals surface area (Å²) >= 11 is 0. The molecule has 2 saturated heterocycles. The first kappa shape index (κ1) is 20.0. The standard InChI is InChI=1S/C23H26N4O3/c1-23(17-10-4-2-5-11-17,18-12-6-3-7-13-18)22-25-19(21(29)30-16-24)20(28)26-14-8-9-15-27(22)26/h2-7,10-13,16,22,24-25,29H,8-9,14-15H2,1H3/b21-19-,24-16?. The lowest BCUT2D eigenvalue weighted by Crippen LogP contribution is -2.70. The van der Waals surface area contributed by atoms with Gasteiger partial charge in [0.25, 0.3) is 5.91 Å². The molecule has 0 aromatic heterocycles. The zero-order chi connectivity index (χ0) is 21.1. The van der Waals surface area contributed by atoms with Crippen LogP contribution in [0, 0.1) is 5.41 Å². The fourth-order valence-corrected chi connectivity index (χ4v) is 4.43. The van der Waals surface area contributed by atoms with E-state index in [1.54, 1.807) is 5.01 Å². The SMILES string of the molecule is CC(c1ccccc1)(c1ccccc1)C1N/C(=C(/O)OC=N)C(=O)N2CCCCN12. The Bertz CT molecular complexity index is 906. The van der Waals surface area contributed by atoms with Crippen LogP contribution in [-0.2, 0) is 14.9 Å². The van der Waals surface area contributed by atoms with E-state index >= 15 is 0 Å². The maximum Gasteiger partial charge on any atom is 0.313 e. The molecule has 3 N–H and O–H groups in total. The van der Waals surface area contributed by atoms with Gasteiger partial charge < -0.3 is 15.2 Å². The fourth-order valence-electron chi connectivity index (χ4n) is 4.43. The van der Waals surface area contributed by atoms with Crippen LogP contribution < -0.4 is 5.32 Å². The molecule has 1 amide bonds. The topological polar surface area (TPSA) is 88.9 Å². The highest BCUT2D eigenvalue weighted by molar-refractivity contribution is 5.93. The third kappa shape index (κ3) is 3.31. The van der Waals surface area contributed by atoms with Crippen molar-refractivity contribution in [1.29, 1.82) is 5.41 Å². The number of ether oxygens (including phenoxy) is 1. The maximum absolute atomic E-state index is 13.1. The Morgan fingerprint density at radius 1 is 1.10 bits per heavy atom. The predicted octanol–water partition coefficient (Wildman–Crippen LogP) is 3.11. The highest BCUT2D eigenvalue weighted by atomic mass is 16.6. The summed E-state index contributed by atoms with van der Waals surface area (Å²) in [4.78, 5) is 13.1. The third-order valence-electron chi connectivity index (χ3n) is 6.02. The molecule has 0 aliphatic carbocycles. The number of carbonyl (C=O) groups excluding carboxylic acids is 1. The Hall–Kier alpha value is -3.32. The van der Waals surface area contributed by atoms with Crippen LogP contribution in [0.15, 0.2) is 72.3 Å². The second-order valence-corrected chi connectivity index (χ2v) is 7.70. The van der Waals surface area contributed by atoms with Gasteiger partial charge in [-0.3, -0.25) is 15.2 Å². The van der Waals surface area contributed by atoms with Crippen molar-refractivity contribution in [1.82, 2.24) is 15.3 Å². The summed E-state index contributed by atoms with van der Waals surface area (Å²) in [6.07, 6.45) is 2.13. The smallest absolute Gasteiger partial charge is 0.313 e. The van der Waals surface area contributed by atoms with E-state index in [1.807, 2.05) is 36.4 Å². The van der Waals surface area contributed by atoms with Crippen LogP contribution >= 0.6 is 0 Å². The number of nitrogens with one attached hydrogen (secondary N) is 2. The summed E-state index contributed by atoms with van der Waals surface area (Å²) in [6, 6.07) is 20.3. The summed E-state index contributed by atoms with van der Waals surface area (Å²) < 4.78 is 4.85. The normalized spacial score (nSPS) is 21.4. The molecule has 0 spiro atoms. The van der Waals surface area contributed by atoms with Crippen LogP contribution in [-0.4, -0.2) is 46.7 Å². The molecule has 7 heteroatoms. The van der Waals surface area contributed by atoms with Crippen LogP contribution in [0.3, 0.4) is 0 Å². The molecule has 0 bridgehead atoms. The first-order chi connectivity index (χ1) is 14.6. The number of hydrogen-bond acceptors (Lipinski definition) is 6. The molecule has 2 aromatic rings. The van der Waals surface area contributed by atoms with Gasteiger partial charge in [-0.1, -0.05) is 60.7 Å². The van der Waals surface area contributed by atoms with E-state index in [0.29, 0.717) is 12.9 Å². The van der Waals surface area contributed by atoms with Crippen molar-refractivity contribution in [3.05, 3.63) is 83.4 Å². The van der Waals surface area contributed by atoms with Gasteiger partial charge in [0.15, 0.2) is 12.1 Å². The second kappa shape index (κ2) is 8.20. The van der Waals surface area contributed by atoms with Crippen molar-refractivity contribution in [3.63, 3.8) is 0 Å². The van der Waals surface area contributed by atoms with Crippen LogP contribution in [0.25, 0.3) is 0 Å². The number of amides is 1. The molecule has 7 nitrogen and oxygen atoms in total. The lowest BCUT2D eigenvalue weighted by molar-refractivity contribution is -0.169. The summed E-state index contributed by atoms with van der Waals surface area (Å²) in [7, 11) is 0. The molecule has 0 saturated carbocycles. The molecule has 2 fully saturated rings. The molecule has 2 heterocycles. The fraction of sp³-hybridized carbons (Fsp3) is 0.304. The Balaban J connectivity index is 1.89. The molecule has 156 valence electrons. The molecule has 1 unspecified atom stereocenters. The largest absolute Gasteiger partial charge is 0.479 e. The summed E-state index contributed by atoms with van der Waals surface area (Å²) in [5, 5.41) is 24.5. The van der Waals surface area contributed by atoms with E-state index in [4.69, 9.17) is 10.1 Å². The first-order valence-electron chi connectivity index (χ1n) is 10.1. The molecular weight excluding hydrogens is 380 g/mol. The van der Waals surface area contributed by atoms with Crippen molar-refractivity contribution in [2.24, 2.45) is 0 Å². The van der Waals surface area contributed by atoms with E-state index < -0.39 is 11.4 Å². The highest BCUT2D eigenvalue weighted by Crippen LogP contribution is 2.40. The van der Waals surface area contributed by atoms with Crippen LogP contribution in [0.1, 0.15) is 30.9 Å². The number of aliphatic hydroxyl groups is 1. The number of rotatable bonds is 5. The van der Waals surface area contributed by atoms with Gasteiger partial charge in [0.2, 0.25) is 0 Å². The third-order valence-corrected chi connectivity index (χ3v) is 6.02. The van der Waals surface area contributed by atoms with Crippen molar-refractivity contribution in [2.45, 2.75) is 31.3 Å². The summed E-state index contributed by atoms with van der Waals surface area (Å²) in [5.74, 6) is -0.942. The van der Waals surface area contributed by atoms with Gasteiger partial charge in [0, 0.05) is 13.1 Å². The van der Waals surface area contributed by atoms with Crippen LogP contribution in [0.4, 0.5) is 0 Å². The van der Waals surface area contributed by atoms with Gasteiger partial charge in [-0.2, -0.15) is 5.01 Å². The molecule has 0 radical (unpaired) electrons. The number of aliphatic hydroxyl groups excluding tert-OH is 1. The Kier molecular flexibility index (Phi) is 5.46. The first-order valence-corrected chi connectivity index (χ1v) is 10.1. The van der Waals surface area contributed by atoms with Gasteiger partial charge in [-0.05, 0) is 30.9 Å². The van der Waals surface area contributed by atoms with Gasteiger partial charge >= 0.3 is 5.95 Å². The van der Waals surface area contributed by atoms with E-state index in [9.17, 15) is 9.90 Å². The number of benzene rings is 2. The maximum atomic E-state index is 13.1. The number of hydrazine groups is 1. The quantitative estimate of drug-likeness (QED) is 0.307. The number of carbonyl (C=O) groups is 1. The summed E-state index contributed by atoms with van der Waals surface area (Å²) in [6.45, 7) is 3.43. The predicted molar refractivity (Wildman–Crippen MR) is 113 cm³/mol. The number of nitrogens with zero attached hydrogens (tertiary/aromatic N) is 2. The number of fused-ring (bicyclic) bond motifs is 1. The molecule has 2 aliphatic heterocycles. The van der Waals surface area contributed by atoms with Gasteiger partial charge in [0.05, 0.1) is 5.41 Å². The van der Waals surface area contributed by atoms with Gasteiger partial charge in [-0.25, -0.2) is 0 Å². The van der Waals surface area contributed by atoms with E-state index in [2.05, 4.69) is 41.5 Å².